The van der Waals surface area contributed by atoms with Crippen LogP contribution < -0.4 is 25.8 Å². The molecule has 5 atom stereocenters. The molecule has 5 aliphatic rings. The number of hydrogen-bond acceptors (Lipinski definition) is 10. The van der Waals surface area contributed by atoms with E-state index < -0.39 is 0 Å². The minimum atomic E-state index is -0.154. The van der Waals surface area contributed by atoms with Gasteiger partial charge in [-0.1, -0.05) is 114 Å². The number of nitrogens with two attached hydrogens (primary N) is 1. The van der Waals surface area contributed by atoms with Crippen LogP contribution in [0.15, 0.2) is 152 Å². The third-order valence-electron chi connectivity index (χ3n) is 18.2. The number of fused-ring (bicyclic) bond motifs is 7. The summed E-state index contributed by atoms with van der Waals surface area (Å²) in [4.78, 5) is 50.3. The number of benzene rings is 6. The Bertz CT molecular complexity index is 3660. The van der Waals surface area contributed by atoms with Gasteiger partial charge < -0.3 is 60.3 Å². The maximum Gasteiger partial charge on any atom is 0.238 e. The largest absolute Gasteiger partial charge is 0.369 e. The fourth-order valence-electron chi connectivity index (χ4n) is 13.3. The second-order valence-electron chi connectivity index (χ2n) is 24.5. The summed E-state index contributed by atoms with van der Waals surface area (Å²) >= 11 is 6.04. The summed E-state index contributed by atoms with van der Waals surface area (Å²) < 4.78 is 0. The van der Waals surface area contributed by atoms with Crippen molar-refractivity contribution in [3.8, 4) is 0 Å². The number of rotatable bonds is 9. The Kier molecular flexibility index (Phi) is 25.4. The number of halogens is 1. The molecule has 3 fully saturated rings. The van der Waals surface area contributed by atoms with E-state index in [-0.39, 0.29) is 43.4 Å². The number of anilines is 3. The third kappa shape index (κ3) is 16.8. The van der Waals surface area contributed by atoms with Gasteiger partial charge in [-0.05, 0) is 156 Å². The number of aldehydes is 1. The second-order valence-corrected chi connectivity index (χ2v) is 24.8. The van der Waals surface area contributed by atoms with Crippen LogP contribution in [0.2, 0.25) is 0 Å². The van der Waals surface area contributed by atoms with Gasteiger partial charge in [0.15, 0.2) is 0 Å². The van der Waals surface area contributed by atoms with Crippen LogP contribution >= 0.6 is 11.6 Å². The number of amides is 1. The molecule has 91 heavy (non-hydrogen) atoms. The number of hydrogen-bond donors (Lipinski definition) is 5. The summed E-state index contributed by atoms with van der Waals surface area (Å²) in [5.74, 6) is -0.0258. The number of nitrogens with one attached hydrogen (secondary N) is 4. The standard InChI is InChI=1S/C25H29ClN4O.C23H28N4.C12H16N2O.C11H14N2.2C2H6.CH4/c1-17-15-21-20-5-3-4-6-22(20)27-24(21)25(30(17)23(31)16-26)18-7-9-19(10-8-18)29-13-11-28(2)12-14-29;1-16-15-20-19-5-3-4-6-21(19)25-23(20)22(24-16)17-7-9-18(10-8-17)27-13-11-26(2)12-14-27;1-13-6-8-14(9-7-13)12-4-2-11(10-15)3-5-12;1-8(12)6-9-7-13-11-5-3-2-4-10(9)11;2*1-2;/h3-10,17,25,27H,11-16H2,1-2H3;3-10,16,22,24-25H,11-15H2,1-2H3;2-5,10H,6-9H2,1H3;2-5,7-8,13H,6,12H2,1H3;2*1-2H3;1H4/t17-,25-;16-,22-;;8-;;;/m00.0.../s1. The van der Waals surface area contributed by atoms with Gasteiger partial charge >= 0.3 is 0 Å². The Balaban J connectivity index is 0.000000161. The monoisotopic (exact) mass is 1250 g/mol. The zero-order valence-corrected chi connectivity index (χ0v) is 55.9. The number of likely N-dealkylation sites (N-methyl/N-ethyl adjacent to an activating group) is 3. The zero-order valence-electron chi connectivity index (χ0n) is 55.1. The highest BCUT2D eigenvalue weighted by atomic mass is 35.5. The molecule has 6 aromatic carbocycles. The molecule has 6 N–H and O–H groups in total. The number of nitrogens with zero attached hydrogens (tertiary/aromatic N) is 7. The van der Waals surface area contributed by atoms with E-state index in [1.165, 1.54) is 72.2 Å². The highest BCUT2D eigenvalue weighted by Crippen LogP contribution is 2.42. The average Bonchev–Trinajstić information content (AvgIpc) is 1.55. The SMILES string of the molecule is C.CC.CC.CN1CCN(c2ccc(C=O)cc2)CC1.C[C@H](N)Cc1c[nH]c2ccccc12.C[C@H]1Cc2c([nH]c3ccccc23)[C@H](c2ccc(N3CCN(C)CC3)cc2)N1.C[C@H]1Cc2c([nH]c3ccccc23)[C@H](c2ccc(N3CCN(C)CC3)cc2)N1C(=O)CCl. The van der Waals surface area contributed by atoms with Crippen molar-refractivity contribution in [2.75, 3.05) is 120 Å². The number of carbonyl (C=O) groups is 2. The first kappa shape index (κ1) is 69.5. The van der Waals surface area contributed by atoms with Crippen molar-refractivity contribution in [1.29, 1.82) is 0 Å². The molecule has 0 bridgehead atoms. The molecular formula is C76H103ClN12O2. The number of aromatic amines is 3. The second kappa shape index (κ2) is 33.2. The first-order valence-electron chi connectivity index (χ1n) is 33.0. The first-order chi connectivity index (χ1) is 43.8. The summed E-state index contributed by atoms with van der Waals surface area (Å²) in [6.45, 7) is 27.5. The third-order valence-corrected chi connectivity index (χ3v) is 18.4. The Morgan fingerprint density at radius 3 is 1.44 bits per heavy atom. The van der Waals surface area contributed by atoms with Crippen LogP contribution in [0.4, 0.5) is 17.1 Å². The highest BCUT2D eigenvalue weighted by Gasteiger charge is 2.38. The molecule has 0 saturated carbocycles. The van der Waals surface area contributed by atoms with Gasteiger partial charge in [0.1, 0.15) is 12.2 Å². The van der Waals surface area contributed by atoms with Crippen molar-refractivity contribution in [1.82, 2.24) is 39.9 Å². The fraction of sp³-hybridized carbons (Fsp3) is 0.421. The Morgan fingerprint density at radius 1 is 0.560 bits per heavy atom. The van der Waals surface area contributed by atoms with Gasteiger partial charge in [0.05, 0.1) is 12.1 Å². The van der Waals surface area contributed by atoms with Gasteiger partial charge in [-0.2, -0.15) is 0 Å². The summed E-state index contributed by atoms with van der Waals surface area (Å²) in [7, 11) is 6.52. The molecule has 14 nitrogen and oxygen atoms in total. The molecule has 0 spiro atoms. The summed E-state index contributed by atoms with van der Waals surface area (Å²) in [6.07, 6.45) is 5.78. The maximum absolute atomic E-state index is 12.9. The molecule has 15 heteroatoms. The summed E-state index contributed by atoms with van der Waals surface area (Å²) in [5, 5.41) is 7.72. The molecule has 0 radical (unpaired) electrons. The Morgan fingerprint density at radius 2 is 0.978 bits per heavy atom. The molecule has 486 valence electrons. The minimum Gasteiger partial charge on any atom is -0.369 e. The molecule has 8 heterocycles. The van der Waals surface area contributed by atoms with Crippen LogP contribution in [-0.2, 0) is 24.1 Å². The van der Waals surface area contributed by atoms with E-state index in [0.717, 1.165) is 126 Å². The van der Waals surface area contributed by atoms with Crippen molar-refractivity contribution in [2.24, 2.45) is 5.73 Å². The van der Waals surface area contributed by atoms with Crippen molar-refractivity contribution in [3.05, 3.63) is 197 Å². The molecule has 14 rings (SSSR count). The lowest BCUT2D eigenvalue weighted by Crippen LogP contribution is -2.47. The van der Waals surface area contributed by atoms with Gasteiger partial charge in [-0.15, -0.1) is 11.6 Å². The highest BCUT2D eigenvalue weighted by molar-refractivity contribution is 6.27. The van der Waals surface area contributed by atoms with E-state index >= 15 is 0 Å². The lowest BCUT2D eigenvalue weighted by atomic mass is 9.88. The quantitative estimate of drug-likeness (QED) is 0.0700. The van der Waals surface area contributed by atoms with Crippen molar-refractivity contribution < 1.29 is 9.59 Å². The molecular weight excluding hydrogens is 1150 g/mol. The van der Waals surface area contributed by atoms with Gasteiger partial charge in [-0.3, -0.25) is 9.59 Å². The van der Waals surface area contributed by atoms with Crippen LogP contribution in [0.1, 0.15) is 118 Å². The molecule has 5 aliphatic heterocycles. The minimum absolute atomic E-state index is 0. The normalized spacial score (nSPS) is 19.5. The predicted molar refractivity (Wildman–Crippen MR) is 386 cm³/mol. The molecule has 3 aromatic heterocycles. The van der Waals surface area contributed by atoms with E-state index in [9.17, 15) is 9.59 Å². The number of H-pyrrole nitrogens is 3. The molecule has 9 aromatic rings. The number of carbonyl (C=O) groups excluding carboxylic acids is 2. The van der Waals surface area contributed by atoms with E-state index in [1.54, 1.807) is 0 Å². The number of aromatic nitrogens is 3. The Labute approximate surface area is 548 Å². The van der Waals surface area contributed by atoms with Crippen LogP contribution in [0.3, 0.4) is 0 Å². The van der Waals surface area contributed by atoms with Crippen LogP contribution in [0.5, 0.6) is 0 Å². The van der Waals surface area contributed by atoms with E-state index in [2.05, 4.69) is 200 Å². The predicted octanol–water partition coefficient (Wildman–Crippen LogP) is 13.6. The number of piperazine rings is 3. The van der Waals surface area contributed by atoms with Gasteiger partial charge in [0.2, 0.25) is 5.91 Å². The first-order valence-corrected chi connectivity index (χ1v) is 33.5. The van der Waals surface area contributed by atoms with Crippen LogP contribution in [-0.4, -0.2) is 170 Å². The van der Waals surface area contributed by atoms with Crippen LogP contribution in [0, 0.1) is 0 Å². The lowest BCUT2D eigenvalue weighted by Gasteiger charge is -2.41. The van der Waals surface area contributed by atoms with Gasteiger partial charge in [0, 0.05) is 170 Å². The molecule has 0 unspecified atom stereocenters. The zero-order chi connectivity index (χ0) is 63.8. The molecule has 1 amide bonds. The van der Waals surface area contributed by atoms with Crippen molar-refractivity contribution in [2.45, 2.75) is 105 Å². The topological polar surface area (TPSA) is 142 Å². The Hall–Kier alpha value is -7.43. The van der Waals surface area contributed by atoms with Crippen molar-refractivity contribution >= 4 is 73.6 Å². The fourth-order valence-corrected chi connectivity index (χ4v) is 13.4. The van der Waals surface area contributed by atoms with Gasteiger partial charge in [0.25, 0.3) is 0 Å². The van der Waals surface area contributed by atoms with Crippen molar-refractivity contribution in [3.63, 3.8) is 0 Å². The average molecular weight is 1250 g/mol. The summed E-state index contributed by atoms with van der Waals surface area (Å²) in [6, 6.07) is 52.0. The lowest BCUT2D eigenvalue weighted by molar-refractivity contribution is -0.133. The summed E-state index contributed by atoms with van der Waals surface area (Å²) in [5.41, 5.74) is 22.9. The van der Waals surface area contributed by atoms with E-state index in [0.29, 0.717) is 6.04 Å². The number of para-hydroxylation sites is 3. The molecule has 3 saturated heterocycles. The smallest absolute Gasteiger partial charge is 0.238 e. The van der Waals surface area contributed by atoms with Gasteiger partial charge in [-0.25, -0.2) is 0 Å². The van der Waals surface area contributed by atoms with E-state index in [4.69, 9.17) is 17.3 Å². The van der Waals surface area contributed by atoms with Crippen LogP contribution in [0.25, 0.3) is 32.7 Å². The molecule has 0 aliphatic carbocycles. The number of alkyl halides is 1. The maximum atomic E-state index is 12.9. The van der Waals surface area contributed by atoms with E-state index in [1.807, 2.05) is 76.0 Å².